The monoisotopic (exact) mass is 272 g/mol. The molecule has 1 aliphatic heterocycles. The summed E-state index contributed by atoms with van der Waals surface area (Å²) in [6.07, 6.45) is 1.43. The number of likely N-dealkylation sites (tertiary alicyclic amines) is 1. The van der Waals surface area contributed by atoms with Gasteiger partial charge in [-0.3, -0.25) is 4.79 Å². The molecule has 104 valence electrons. The van der Waals surface area contributed by atoms with Crippen molar-refractivity contribution in [1.82, 2.24) is 4.90 Å². The van der Waals surface area contributed by atoms with Gasteiger partial charge < -0.3 is 10.6 Å². The molecule has 0 bridgehead atoms. The van der Waals surface area contributed by atoms with Crippen LogP contribution in [0.4, 0.5) is 13.2 Å². The fraction of sp³-hybridized carbons (Fsp3) is 0.462. The summed E-state index contributed by atoms with van der Waals surface area (Å²) in [5, 5.41) is 0. The standard InChI is InChI=1S/C13H15F3N2O/c14-9-5-10(15)12(11(16)6-9)13(19)18-3-1-8(7-17)2-4-18/h5-6,8H,1-4,7,17H2. The topological polar surface area (TPSA) is 46.3 Å². The van der Waals surface area contributed by atoms with Crippen molar-refractivity contribution in [3.05, 3.63) is 35.1 Å². The number of nitrogens with zero attached hydrogens (tertiary/aromatic N) is 1. The summed E-state index contributed by atoms with van der Waals surface area (Å²) < 4.78 is 39.8. The lowest BCUT2D eigenvalue weighted by atomic mass is 9.96. The second-order valence-corrected chi connectivity index (χ2v) is 4.72. The van der Waals surface area contributed by atoms with Crippen molar-refractivity contribution in [2.45, 2.75) is 12.8 Å². The molecule has 1 aliphatic rings. The number of piperidine rings is 1. The maximum atomic E-state index is 13.5. The summed E-state index contributed by atoms with van der Waals surface area (Å²) in [6, 6.07) is 1.03. The third-order valence-corrected chi connectivity index (χ3v) is 3.46. The highest BCUT2D eigenvalue weighted by Gasteiger charge is 2.27. The van der Waals surface area contributed by atoms with E-state index in [2.05, 4.69) is 0 Å². The van der Waals surface area contributed by atoms with E-state index in [-0.39, 0.29) is 0 Å². The van der Waals surface area contributed by atoms with E-state index in [1.54, 1.807) is 0 Å². The Morgan fingerprint density at radius 3 is 2.21 bits per heavy atom. The Morgan fingerprint density at radius 2 is 1.74 bits per heavy atom. The number of carbonyl (C=O) groups excluding carboxylic acids is 1. The van der Waals surface area contributed by atoms with Crippen LogP contribution in [0.25, 0.3) is 0 Å². The van der Waals surface area contributed by atoms with Gasteiger partial charge in [-0.2, -0.15) is 0 Å². The fourth-order valence-electron chi connectivity index (χ4n) is 2.28. The average Bonchev–Trinajstić information content (AvgIpc) is 2.37. The lowest BCUT2D eigenvalue weighted by molar-refractivity contribution is 0.0683. The number of benzene rings is 1. The Labute approximate surface area is 109 Å². The maximum absolute atomic E-state index is 13.5. The van der Waals surface area contributed by atoms with Gasteiger partial charge in [-0.15, -0.1) is 0 Å². The van der Waals surface area contributed by atoms with E-state index in [9.17, 15) is 18.0 Å². The molecule has 0 aliphatic carbocycles. The predicted octanol–water partition coefficient (Wildman–Crippen LogP) is 1.91. The minimum absolute atomic E-state index is 0.340. The lowest BCUT2D eigenvalue weighted by Crippen LogP contribution is -2.40. The number of halogens is 3. The highest BCUT2D eigenvalue weighted by atomic mass is 19.1. The zero-order chi connectivity index (χ0) is 14.0. The van der Waals surface area contributed by atoms with E-state index < -0.39 is 28.9 Å². The molecule has 0 aromatic heterocycles. The Morgan fingerprint density at radius 1 is 1.21 bits per heavy atom. The molecule has 1 fully saturated rings. The normalized spacial score (nSPS) is 16.7. The molecule has 2 rings (SSSR count). The second kappa shape index (κ2) is 5.61. The number of nitrogens with two attached hydrogens (primary N) is 1. The summed E-state index contributed by atoms with van der Waals surface area (Å²) in [7, 11) is 0. The first-order valence-electron chi connectivity index (χ1n) is 6.16. The van der Waals surface area contributed by atoms with Crippen LogP contribution in [-0.2, 0) is 0 Å². The van der Waals surface area contributed by atoms with E-state index in [0.717, 1.165) is 0 Å². The van der Waals surface area contributed by atoms with E-state index in [0.29, 0.717) is 50.5 Å². The molecule has 1 aromatic rings. The van der Waals surface area contributed by atoms with Gasteiger partial charge >= 0.3 is 0 Å². The van der Waals surface area contributed by atoms with Crippen LogP contribution in [0.5, 0.6) is 0 Å². The molecule has 0 unspecified atom stereocenters. The third kappa shape index (κ3) is 2.89. The molecule has 1 aromatic carbocycles. The second-order valence-electron chi connectivity index (χ2n) is 4.72. The molecular weight excluding hydrogens is 257 g/mol. The smallest absolute Gasteiger partial charge is 0.259 e. The van der Waals surface area contributed by atoms with Crippen molar-refractivity contribution in [2.24, 2.45) is 11.7 Å². The molecule has 1 amide bonds. The summed E-state index contributed by atoms with van der Waals surface area (Å²) in [4.78, 5) is 13.4. The van der Waals surface area contributed by atoms with Gasteiger partial charge in [0.25, 0.3) is 5.91 Å². The van der Waals surface area contributed by atoms with Crippen molar-refractivity contribution >= 4 is 5.91 Å². The zero-order valence-electron chi connectivity index (χ0n) is 10.3. The quantitative estimate of drug-likeness (QED) is 0.894. The van der Waals surface area contributed by atoms with Crippen molar-refractivity contribution in [2.75, 3.05) is 19.6 Å². The number of carbonyl (C=O) groups is 1. The average molecular weight is 272 g/mol. The highest BCUT2D eigenvalue weighted by Crippen LogP contribution is 2.21. The molecule has 1 heterocycles. The molecule has 0 spiro atoms. The van der Waals surface area contributed by atoms with Gasteiger partial charge in [0.15, 0.2) is 0 Å². The molecule has 0 atom stereocenters. The maximum Gasteiger partial charge on any atom is 0.259 e. The first-order valence-corrected chi connectivity index (χ1v) is 6.16. The minimum Gasteiger partial charge on any atom is -0.338 e. The summed E-state index contributed by atoms with van der Waals surface area (Å²) in [6.45, 7) is 1.37. The van der Waals surface area contributed by atoms with E-state index in [1.165, 1.54) is 4.90 Å². The van der Waals surface area contributed by atoms with Gasteiger partial charge in [-0.25, -0.2) is 13.2 Å². The Bertz CT molecular complexity index is 462. The Balaban J connectivity index is 2.17. The van der Waals surface area contributed by atoms with Gasteiger partial charge in [0.2, 0.25) is 0 Å². The summed E-state index contributed by atoms with van der Waals surface area (Å²) >= 11 is 0. The van der Waals surface area contributed by atoms with E-state index in [1.807, 2.05) is 0 Å². The molecule has 0 radical (unpaired) electrons. The van der Waals surface area contributed by atoms with Crippen LogP contribution in [0.15, 0.2) is 12.1 Å². The van der Waals surface area contributed by atoms with Gasteiger partial charge in [0, 0.05) is 25.2 Å². The number of rotatable bonds is 2. The molecule has 3 nitrogen and oxygen atoms in total. The highest BCUT2D eigenvalue weighted by molar-refractivity contribution is 5.94. The molecule has 19 heavy (non-hydrogen) atoms. The van der Waals surface area contributed by atoms with Crippen LogP contribution in [0.1, 0.15) is 23.2 Å². The summed E-state index contributed by atoms with van der Waals surface area (Å²) in [5.41, 5.74) is 4.85. The molecular formula is C13H15F3N2O. The summed E-state index contributed by atoms with van der Waals surface area (Å²) in [5.74, 6) is -3.75. The van der Waals surface area contributed by atoms with E-state index >= 15 is 0 Å². The third-order valence-electron chi connectivity index (χ3n) is 3.46. The zero-order valence-corrected chi connectivity index (χ0v) is 10.3. The predicted molar refractivity (Wildman–Crippen MR) is 64.0 cm³/mol. The van der Waals surface area contributed by atoms with Crippen LogP contribution < -0.4 is 5.73 Å². The van der Waals surface area contributed by atoms with Gasteiger partial charge in [0.05, 0.1) is 0 Å². The van der Waals surface area contributed by atoms with Crippen LogP contribution >= 0.6 is 0 Å². The van der Waals surface area contributed by atoms with Crippen LogP contribution in [0.3, 0.4) is 0 Å². The molecule has 0 saturated carbocycles. The van der Waals surface area contributed by atoms with Crippen molar-refractivity contribution < 1.29 is 18.0 Å². The molecule has 1 saturated heterocycles. The first kappa shape index (κ1) is 13.9. The van der Waals surface area contributed by atoms with Gasteiger partial charge in [-0.05, 0) is 25.3 Å². The molecule has 2 N–H and O–H groups in total. The number of amides is 1. The largest absolute Gasteiger partial charge is 0.338 e. The van der Waals surface area contributed by atoms with Crippen molar-refractivity contribution in [1.29, 1.82) is 0 Å². The number of hydrogen-bond donors (Lipinski definition) is 1. The van der Waals surface area contributed by atoms with Crippen molar-refractivity contribution in [3.8, 4) is 0 Å². The Kier molecular flexibility index (Phi) is 4.09. The van der Waals surface area contributed by atoms with Crippen molar-refractivity contribution in [3.63, 3.8) is 0 Å². The first-order chi connectivity index (χ1) is 9.02. The van der Waals surface area contributed by atoms with Crippen LogP contribution in [-0.4, -0.2) is 30.4 Å². The Hall–Kier alpha value is -1.56. The fourth-order valence-corrected chi connectivity index (χ4v) is 2.28. The van der Waals surface area contributed by atoms with Crippen LogP contribution in [0.2, 0.25) is 0 Å². The minimum atomic E-state index is -1.16. The van der Waals surface area contributed by atoms with E-state index in [4.69, 9.17) is 5.73 Å². The molecule has 6 heteroatoms. The lowest BCUT2D eigenvalue weighted by Gasteiger charge is -2.31. The van der Waals surface area contributed by atoms with Gasteiger partial charge in [-0.1, -0.05) is 0 Å². The SMILES string of the molecule is NCC1CCN(C(=O)c2c(F)cc(F)cc2F)CC1. The van der Waals surface area contributed by atoms with Crippen LogP contribution in [0, 0.1) is 23.4 Å². The number of hydrogen-bond acceptors (Lipinski definition) is 2. The van der Waals surface area contributed by atoms with Gasteiger partial charge in [0.1, 0.15) is 23.0 Å².